The van der Waals surface area contributed by atoms with Crippen LogP contribution in [0, 0.1) is 12.7 Å². The minimum absolute atomic E-state index is 0.00969. The summed E-state index contributed by atoms with van der Waals surface area (Å²) < 4.78 is 46.0. The SMILES string of the molecule is Cc1cc(F)ccc1S(=O)(=O)NCC1CN(c2ccccc2)C(=O)CO1. The van der Waals surface area contributed by atoms with E-state index in [0.717, 1.165) is 11.8 Å². The van der Waals surface area contributed by atoms with Gasteiger partial charge >= 0.3 is 0 Å². The van der Waals surface area contributed by atoms with Crippen LogP contribution in [-0.4, -0.2) is 40.1 Å². The third kappa shape index (κ3) is 4.09. The Morgan fingerprint density at radius 3 is 2.65 bits per heavy atom. The van der Waals surface area contributed by atoms with Crippen molar-refractivity contribution in [1.29, 1.82) is 0 Å². The van der Waals surface area contributed by atoms with Crippen LogP contribution < -0.4 is 9.62 Å². The molecule has 3 rings (SSSR count). The highest BCUT2D eigenvalue weighted by Gasteiger charge is 2.28. The van der Waals surface area contributed by atoms with E-state index in [1.165, 1.54) is 19.1 Å². The minimum atomic E-state index is -3.80. The lowest BCUT2D eigenvalue weighted by molar-refractivity contribution is -0.129. The second-order valence-corrected chi connectivity index (χ2v) is 7.77. The molecule has 1 aliphatic heterocycles. The standard InChI is InChI=1S/C18H19FN2O4S/c1-13-9-14(19)7-8-17(13)26(23,24)20-10-16-11-21(18(22)12-25-16)15-5-3-2-4-6-15/h2-9,16,20H,10-12H2,1H3. The predicted molar refractivity (Wildman–Crippen MR) is 94.9 cm³/mol. The maximum absolute atomic E-state index is 13.2. The Morgan fingerprint density at radius 1 is 1.23 bits per heavy atom. The van der Waals surface area contributed by atoms with Gasteiger partial charge in [0.1, 0.15) is 12.4 Å². The van der Waals surface area contributed by atoms with Crippen LogP contribution in [0.2, 0.25) is 0 Å². The summed E-state index contributed by atoms with van der Waals surface area (Å²) in [7, 11) is -3.80. The monoisotopic (exact) mass is 378 g/mol. The van der Waals surface area contributed by atoms with Gasteiger partial charge in [0.15, 0.2) is 0 Å². The highest BCUT2D eigenvalue weighted by molar-refractivity contribution is 7.89. The number of sulfonamides is 1. The predicted octanol–water partition coefficient (Wildman–Crippen LogP) is 1.84. The van der Waals surface area contributed by atoms with Crippen molar-refractivity contribution in [3.8, 4) is 0 Å². The van der Waals surface area contributed by atoms with Gasteiger partial charge in [-0.05, 0) is 42.8 Å². The van der Waals surface area contributed by atoms with Crippen molar-refractivity contribution in [3.05, 3.63) is 59.9 Å². The van der Waals surface area contributed by atoms with Crippen molar-refractivity contribution in [3.63, 3.8) is 0 Å². The number of halogens is 1. The van der Waals surface area contributed by atoms with Crippen molar-refractivity contribution >= 4 is 21.6 Å². The Morgan fingerprint density at radius 2 is 1.96 bits per heavy atom. The van der Waals surface area contributed by atoms with Crippen molar-refractivity contribution in [1.82, 2.24) is 4.72 Å². The third-order valence-corrected chi connectivity index (χ3v) is 5.71. The fraction of sp³-hybridized carbons (Fsp3) is 0.278. The molecule has 1 unspecified atom stereocenters. The first-order valence-corrected chi connectivity index (χ1v) is 9.58. The first-order chi connectivity index (χ1) is 12.4. The van der Waals surface area contributed by atoms with E-state index in [0.29, 0.717) is 5.56 Å². The zero-order valence-electron chi connectivity index (χ0n) is 14.2. The lowest BCUT2D eigenvalue weighted by Gasteiger charge is -2.32. The summed E-state index contributed by atoms with van der Waals surface area (Å²) in [6.07, 6.45) is -0.483. The van der Waals surface area contributed by atoms with E-state index in [-0.39, 0.29) is 30.5 Å². The molecular weight excluding hydrogens is 359 g/mol. The molecule has 1 N–H and O–H groups in total. The molecule has 8 heteroatoms. The number of benzene rings is 2. The molecule has 1 amide bonds. The molecule has 1 atom stereocenters. The number of morpholine rings is 1. The molecule has 2 aromatic carbocycles. The Hall–Kier alpha value is -2.29. The summed E-state index contributed by atoms with van der Waals surface area (Å²) in [4.78, 5) is 13.7. The number of rotatable bonds is 5. The zero-order valence-corrected chi connectivity index (χ0v) is 15.0. The fourth-order valence-electron chi connectivity index (χ4n) is 2.80. The molecule has 0 aliphatic carbocycles. The van der Waals surface area contributed by atoms with E-state index in [1.54, 1.807) is 4.90 Å². The van der Waals surface area contributed by atoms with E-state index in [2.05, 4.69) is 4.72 Å². The van der Waals surface area contributed by atoms with Gasteiger partial charge in [0.2, 0.25) is 10.0 Å². The summed E-state index contributed by atoms with van der Waals surface area (Å²) in [6, 6.07) is 12.6. The molecule has 1 saturated heterocycles. The Labute approximate surface area is 151 Å². The number of anilines is 1. The van der Waals surface area contributed by atoms with E-state index < -0.39 is 21.9 Å². The van der Waals surface area contributed by atoms with E-state index in [9.17, 15) is 17.6 Å². The topological polar surface area (TPSA) is 75.7 Å². The molecule has 26 heavy (non-hydrogen) atoms. The molecule has 0 saturated carbocycles. The van der Waals surface area contributed by atoms with Crippen molar-refractivity contribution in [2.24, 2.45) is 0 Å². The summed E-state index contributed by atoms with van der Waals surface area (Å²) >= 11 is 0. The number of carbonyl (C=O) groups excluding carboxylic acids is 1. The van der Waals surface area contributed by atoms with Gasteiger partial charge in [-0.2, -0.15) is 0 Å². The van der Waals surface area contributed by atoms with Crippen LogP contribution in [0.15, 0.2) is 53.4 Å². The number of nitrogens with zero attached hydrogens (tertiary/aromatic N) is 1. The summed E-state index contributed by atoms with van der Waals surface area (Å²) in [5, 5.41) is 0. The number of nitrogens with one attached hydrogen (secondary N) is 1. The van der Waals surface area contributed by atoms with Gasteiger partial charge < -0.3 is 9.64 Å². The lowest BCUT2D eigenvalue weighted by Crippen LogP contribution is -2.50. The summed E-state index contributed by atoms with van der Waals surface area (Å²) in [5.41, 5.74) is 1.06. The molecule has 0 spiro atoms. The Balaban J connectivity index is 1.68. The maximum atomic E-state index is 13.2. The van der Waals surface area contributed by atoms with Crippen molar-refractivity contribution < 1.29 is 22.3 Å². The second-order valence-electron chi connectivity index (χ2n) is 6.03. The smallest absolute Gasteiger partial charge is 0.253 e. The normalized spacial score (nSPS) is 18.2. The largest absolute Gasteiger partial charge is 0.365 e. The molecule has 6 nitrogen and oxygen atoms in total. The average Bonchev–Trinajstić information content (AvgIpc) is 2.61. The number of ether oxygens (including phenoxy) is 1. The van der Waals surface area contributed by atoms with Crippen LogP contribution in [0.25, 0.3) is 0 Å². The van der Waals surface area contributed by atoms with Crippen LogP contribution in [0.3, 0.4) is 0 Å². The fourth-order valence-corrected chi connectivity index (χ4v) is 4.09. The summed E-state index contributed by atoms with van der Waals surface area (Å²) in [5.74, 6) is -0.668. The number of aryl methyl sites for hydroxylation is 1. The van der Waals surface area contributed by atoms with E-state index in [4.69, 9.17) is 4.74 Å². The molecule has 1 aliphatic rings. The van der Waals surface area contributed by atoms with Crippen LogP contribution in [-0.2, 0) is 19.6 Å². The van der Waals surface area contributed by atoms with Crippen LogP contribution in [0.4, 0.5) is 10.1 Å². The quantitative estimate of drug-likeness (QED) is 0.862. The Bertz CT molecular complexity index is 903. The summed E-state index contributed by atoms with van der Waals surface area (Å²) in [6.45, 7) is 1.67. The van der Waals surface area contributed by atoms with Gasteiger partial charge in [-0.15, -0.1) is 0 Å². The molecular formula is C18H19FN2O4S. The molecule has 1 fully saturated rings. The van der Waals surface area contributed by atoms with Crippen LogP contribution >= 0.6 is 0 Å². The van der Waals surface area contributed by atoms with E-state index in [1.807, 2.05) is 30.3 Å². The number of amides is 1. The van der Waals surface area contributed by atoms with Crippen molar-refractivity contribution in [2.75, 3.05) is 24.6 Å². The Kier molecular flexibility index (Phi) is 5.36. The van der Waals surface area contributed by atoms with Crippen LogP contribution in [0.5, 0.6) is 0 Å². The van der Waals surface area contributed by atoms with Crippen LogP contribution in [0.1, 0.15) is 5.56 Å². The third-order valence-electron chi connectivity index (χ3n) is 4.13. The van der Waals surface area contributed by atoms with Crippen molar-refractivity contribution in [2.45, 2.75) is 17.9 Å². The minimum Gasteiger partial charge on any atom is -0.365 e. The van der Waals surface area contributed by atoms with Gasteiger partial charge in [-0.3, -0.25) is 4.79 Å². The van der Waals surface area contributed by atoms with Gasteiger partial charge in [-0.25, -0.2) is 17.5 Å². The molecule has 0 radical (unpaired) electrons. The molecule has 0 bridgehead atoms. The second kappa shape index (κ2) is 7.53. The number of para-hydroxylation sites is 1. The molecule has 138 valence electrons. The highest BCUT2D eigenvalue weighted by Crippen LogP contribution is 2.19. The number of hydrogen-bond donors (Lipinski definition) is 1. The van der Waals surface area contributed by atoms with Gasteiger partial charge in [-0.1, -0.05) is 18.2 Å². The van der Waals surface area contributed by atoms with Gasteiger partial charge in [0.05, 0.1) is 17.5 Å². The lowest BCUT2D eigenvalue weighted by atomic mass is 10.2. The van der Waals surface area contributed by atoms with Gasteiger partial charge in [0.25, 0.3) is 5.91 Å². The molecule has 2 aromatic rings. The zero-order chi connectivity index (χ0) is 18.7. The molecule has 1 heterocycles. The maximum Gasteiger partial charge on any atom is 0.253 e. The number of hydrogen-bond acceptors (Lipinski definition) is 4. The molecule has 0 aromatic heterocycles. The highest BCUT2D eigenvalue weighted by atomic mass is 32.2. The first kappa shape index (κ1) is 18.5. The van der Waals surface area contributed by atoms with Gasteiger partial charge in [0, 0.05) is 12.2 Å². The first-order valence-electron chi connectivity index (χ1n) is 8.09. The van der Waals surface area contributed by atoms with E-state index >= 15 is 0 Å². The average molecular weight is 378 g/mol. The number of carbonyl (C=O) groups is 1.